The molecule has 2 aliphatic heterocycles. The molecular weight excluding hydrogens is 588 g/mol. The molecule has 11 nitrogen and oxygen atoms in total. The third kappa shape index (κ3) is 6.21. The van der Waals surface area contributed by atoms with Crippen molar-refractivity contribution in [3.63, 3.8) is 0 Å². The van der Waals surface area contributed by atoms with Gasteiger partial charge < -0.3 is 20.3 Å². The minimum atomic E-state index is -3.14. The van der Waals surface area contributed by atoms with Crippen LogP contribution < -0.4 is 14.9 Å². The standard InChI is InChI=1S/C27H33ClN6O5S2/c1-2-3-12-39-26(36)22(14-18-13-17-6-8-30-24(29)19(17)15-20(18)28)33-11-7-21(25(33)35)34(41(37)38)23-16-31-27(40-23)32-9-4-5-10-32/h6,8,13,15-16,21-22,41H,2-5,7,9-12,14H2,1H3,(H2,29,30)/t21-,22+/m0/s1. The first-order valence-electron chi connectivity index (χ1n) is 13.7. The van der Waals surface area contributed by atoms with Crippen LogP contribution in [0.4, 0.5) is 16.0 Å². The highest BCUT2D eigenvalue weighted by atomic mass is 35.5. The summed E-state index contributed by atoms with van der Waals surface area (Å²) in [4.78, 5) is 39.3. The van der Waals surface area contributed by atoms with Crippen LogP contribution in [-0.4, -0.2) is 73.5 Å². The number of hydrogen-bond donors (Lipinski definition) is 2. The van der Waals surface area contributed by atoms with Crippen molar-refractivity contribution >= 4 is 72.4 Å². The highest BCUT2D eigenvalue weighted by Crippen LogP contribution is 2.36. The number of aromatic nitrogens is 2. The first kappa shape index (κ1) is 29.3. The van der Waals surface area contributed by atoms with E-state index in [0.717, 1.165) is 47.2 Å². The van der Waals surface area contributed by atoms with Gasteiger partial charge in [0.1, 0.15) is 22.9 Å². The lowest BCUT2D eigenvalue weighted by molar-refractivity contribution is -0.154. The number of unbranched alkanes of at least 4 members (excludes halogenated alkanes) is 1. The number of pyridine rings is 1. The first-order valence-corrected chi connectivity index (χ1v) is 16.0. The summed E-state index contributed by atoms with van der Waals surface area (Å²) in [5.41, 5.74) is 6.65. The molecule has 0 bridgehead atoms. The van der Waals surface area contributed by atoms with Gasteiger partial charge in [0.15, 0.2) is 5.13 Å². The maximum atomic E-state index is 13.8. The van der Waals surface area contributed by atoms with Crippen molar-refractivity contribution in [2.24, 2.45) is 0 Å². The first-order chi connectivity index (χ1) is 19.8. The zero-order chi connectivity index (χ0) is 29.1. The van der Waals surface area contributed by atoms with Gasteiger partial charge in [0.2, 0.25) is 16.8 Å². The quantitative estimate of drug-likeness (QED) is 0.187. The van der Waals surface area contributed by atoms with Gasteiger partial charge >= 0.3 is 5.97 Å². The summed E-state index contributed by atoms with van der Waals surface area (Å²) >= 11 is 7.87. The second kappa shape index (κ2) is 12.8. The van der Waals surface area contributed by atoms with Gasteiger partial charge in [-0.2, -0.15) is 0 Å². The lowest BCUT2D eigenvalue weighted by atomic mass is 10.0. The van der Waals surface area contributed by atoms with Gasteiger partial charge in [-0.05, 0) is 54.8 Å². The van der Waals surface area contributed by atoms with Gasteiger partial charge in [-0.1, -0.05) is 36.3 Å². The fraction of sp³-hybridized carbons (Fsp3) is 0.481. The molecule has 4 heterocycles. The third-order valence-electron chi connectivity index (χ3n) is 7.53. The predicted molar refractivity (Wildman–Crippen MR) is 161 cm³/mol. The molecule has 0 radical (unpaired) electrons. The van der Waals surface area contributed by atoms with Crippen molar-refractivity contribution < 1.29 is 22.7 Å². The Morgan fingerprint density at radius 1 is 1.27 bits per heavy atom. The number of carbonyl (C=O) groups is 2. The number of rotatable bonds is 11. The summed E-state index contributed by atoms with van der Waals surface area (Å²) in [6.07, 6.45) is 7.08. The van der Waals surface area contributed by atoms with Crippen molar-refractivity contribution in [1.82, 2.24) is 14.9 Å². The number of anilines is 3. The van der Waals surface area contributed by atoms with Crippen molar-refractivity contribution in [3.8, 4) is 0 Å². The van der Waals surface area contributed by atoms with Crippen molar-refractivity contribution in [1.29, 1.82) is 0 Å². The molecule has 41 heavy (non-hydrogen) atoms. The van der Waals surface area contributed by atoms with Crippen molar-refractivity contribution in [3.05, 3.63) is 41.2 Å². The number of thiazole rings is 1. The smallest absolute Gasteiger partial charge is 0.329 e. The van der Waals surface area contributed by atoms with Gasteiger partial charge in [0.05, 0.1) is 12.8 Å². The van der Waals surface area contributed by atoms with Crippen LogP contribution in [0.3, 0.4) is 0 Å². The number of benzene rings is 1. The molecule has 0 saturated carbocycles. The van der Waals surface area contributed by atoms with Crippen molar-refractivity contribution in [2.45, 2.75) is 57.5 Å². The fourth-order valence-corrected chi connectivity index (χ4v) is 7.50. The van der Waals surface area contributed by atoms with E-state index >= 15 is 0 Å². The zero-order valence-corrected chi connectivity index (χ0v) is 25.2. The number of amides is 1. The Balaban J connectivity index is 1.42. The summed E-state index contributed by atoms with van der Waals surface area (Å²) in [7, 11) is -3.14. The number of esters is 1. The molecular formula is C27H33ClN6O5S2. The van der Waals surface area contributed by atoms with Gasteiger partial charge in [0, 0.05) is 42.7 Å². The Labute approximate surface area is 249 Å². The SMILES string of the molecule is CCCCOC(=O)[C@@H](Cc1cc2ccnc(N)c2cc1Cl)N1CC[C@H](N(c2cnc(N3CCCC3)s2)[SH](=O)=O)C1=O. The summed E-state index contributed by atoms with van der Waals surface area (Å²) in [5.74, 6) is -0.667. The number of thiol groups is 1. The Morgan fingerprint density at radius 2 is 2.05 bits per heavy atom. The topological polar surface area (TPSA) is 139 Å². The third-order valence-corrected chi connectivity index (χ3v) is 9.92. The van der Waals surface area contributed by atoms with E-state index in [1.807, 2.05) is 13.0 Å². The Kier molecular flexibility index (Phi) is 9.15. The van der Waals surface area contributed by atoms with Crippen LogP contribution >= 0.6 is 22.9 Å². The molecule has 2 aliphatic rings. The molecule has 1 aromatic carbocycles. The minimum absolute atomic E-state index is 0.101. The average molecular weight is 621 g/mol. The molecule has 220 valence electrons. The normalized spacial score (nSPS) is 18.0. The van der Waals surface area contributed by atoms with Gasteiger partial charge in [0.25, 0.3) is 0 Å². The van der Waals surface area contributed by atoms with E-state index in [1.54, 1.807) is 18.3 Å². The average Bonchev–Trinajstić information content (AvgIpc) is 3.71. The molecule has 3 aromatic rings. The second-order valence-corrected chi connectivity index (χ2v) is 12.5. The van der Waals surface area contributed by atoms with Crippen LogP contribution in [0.5, 0.6) is 0 Å². The van der Waals surface area contributed by atoms with Crippen LogP contribution in [0.25, 0.3) is 10.8 Å². The van der Waals surface area contributed by atoms with E-state index in [4.69, 9.17) is 22.1 Å². The van der Waals surface area contributed by atoms with Crippen LogP contribution in [-0.2, 0) is 31.6 Å². The molecule has 0 spiro atoms. The number of halogens is 1. The van der Waals surface area contributed by atoms with Crippen LogP contribution in [0.2, 0.25) is 5.02 Å². The number of likely N-dealkylation sites (tertiary alicyclic amines) is 1. The van der Waals surface area contributed by atoms with Crippen LogP contribution in [0.15, 0.2) is 30.6 Å². The highest BCUT2D eigenvalue weighted by molar-refractivity contribution is 7.74. The minimum Gasteiger partial charge on any atom is -0.464 e. The molecule has 14 heteroatoms. The fourth-order valence-electron chi connectivity index (χ4n) is 5.35. The number of nitrogens with two attached hydrogens (primary N) is 1. The van der Waals surface area contributed by atoms with E-state index in [-0.39, 0.29) is 26.0 Å². The molecule has 0 unspecified atom stereocenters. The summed E-state index contributed by atoms with van der Waals surface area (Å²) in [5, 5.41) is 2.99. The summed E-state index contributed by atoms with van der Waals surface area (Å²) < 4.78 is 31.6. The Hall–Kier alpha value is -3.16. The molecule has 0 aliphatic carbocycles. The molecule has 2 atom stereocenters. The van der Waals surface area contributed by atoms with Crippen LogP contribution in [0, 0.1) is 0 Å². The van der Waals surface area contributed by atoms with Gasteiger partial charge in [-0.3, -0.25) is 4.79 Å². The molecule has 2 saturated heterocycles. The molecule has 2 fully saturated rings. The molecule has 5 rings (SSSR count). The molecule has 2 N–H and O–H groups in total. The molecule has 1 amide bonds. The van der Waals surface area contributed by atoms with E-state index in [1.165, 1.54) is 22.4 Å². The largest absolute Gasteiger partial charge is 0.464 e. The second-order valence-electron chi connectivity index (χ2n) is 10.2. The molecule has 2 aromatic heterocycles. The number of nitrogens with zero attached hydrogens (tertiary/aromatic N) is 5. The number of ether oxygens (including phenoxy) is 1. The van der Waals surface area contributed by atoms with E-state index in [2.05, 4.69) is 14.9 Å². The van der Waals surface area contributed by atoms with E-state index in [0.29, 0.717) is 33.2 Å². The predicted octanol–water partition coefficient (Wildman–Crippen LogP) is 3.42. The van der Waals surface area contributed by atoms with Gasteiger partial charge in [-0.25, -0.2) is 27.5 Å². The zero-order valence-electron chi connectivity index (χ0n) is 22.7. The number of carbonyl (C=O) groups excluding carboxylic acids is 2. The lowest BCUT2D eigenvalue weighted by Crippen LogP contribution is -2.48. The lowest BCUT2D eigenvalue weighted by Gasteiger charge is -2.28. The van der Waals surface area contributed by atoms with Crippen LogP contribution in [0.1, 0.15) is 44.6 Å². The van der Waals surface area contributed by atoms with E-state index in [9.17, 15) is 18.0 Å². The maximum absolute atomic E-state index is 13.8. The maximum Gasteiger partial charge on any atom is 0.329 e. The number of fused-ring (bicyclic) bond motifs is 1. The Morgan fingerprint density at radius 3 is 2.78 bits per heavy atom. The summed E-state index contributed by atoms with van der Waals surface area (Å²) in [6, 6.07) is 3.37. The monoisotopic (exact) mass is 620 g/mol. The Bertz CT molecular complexity index is 1500. The summed E-state index contributed by atoms with van der Waals surface area (Å²) in [6.45, 7) is 4.15. The van der Waals surface area contributed by atoms with E-state index < -0.39 is 34.9 Å². The van der Waals surface area contributed by atoms with Crippen molar-refractivity contribution in [2.75, 3.05) is 41.2 Å². The van der Waals surface area contributed by atoms with Gasteiger partial charge in [-0.15, -0.1) is 0 Å². The number of nitrogen functional groups attached to an aromatic ring is 1. The number of hydrogen-bond acceptors (Lipinski definition) is 10. The highest BCUT2D eigenvalue weighted by Gasteiger charge is 2.44.